The van der Waals surface area contributed by atoms with Crippen LogP contribution in [0.3, 0.4) is 0 Å². The first kappa shape index (κ1) is 10.3. The minimum atomic E-state index is -0.192. The van der Waals surface area contributed by atoms with Crippen molar-refractivity contribution in [3.05, 3.63) is 35.1 Å². The second kappa shape index (κ2) is 4.13. The topological polar surface area (TPSA) is 17.1 Å². The van der Waals surface area contributed by atoms with E-state index in [1.807, 2.05) is 13.0 Å². The molecule has 80 valence electrons. The summed E-state index contributed by atoms with van der Waals surface area (Å²) < 4.78 is 13.2. The lowest BCUT2D eigenvalue weighted by Gasteiger charge is -2.21. The summed E-state index contributed by atoms with van der Waals surface area (Å²) in [6.07, 6.45) is 3.24. The van der Waals surface area contributed by atoms with Gasteiger partial charge in [0, 0.05) is 12.8 Å². The highest BCUT2D eigenvalue weighted by atomic mass is 19.1. The lowest BCUT2D eigenvalue weighted by Crippen LogP contribution is -2.13. The summed E-state index contributed by atoms with van der Waals surface area (Å²) in [7, 11) is 0. The summed E-state index contributed by atoms with van der Waals surface area (Å²) in [6, 6.07) is 5.08. The first-order chi connectivity index (χ1) is 7.15. The minimum Gasteiger partial charge on any atom is -0.300 e. The molecule has 1 atom stereocenters. The minimum absolute atomic E-state index is 0.192. The van der Waals surface area contributed by atoms with Crippen LogP contribution in [-0.4, -0.2) is 5.78 Å². The van der Waals surface area contributed by atoms with Gasteiger partial charge in [-0.2, -0.15) is 0 Å². The highest BCUT2D eigenvalue weighted by Gasteiger charge is 2.21. The predicted molar refractivity (Wildman–Crippen MR) is 57.4 cm³/mol. The average molecular weight is 206 g/mol. The van der Waals surface area contributed by atoms with Crippen LogP contribution in [0.1, 0.15) is 42.7 Å². The maximum Gasteiger partial charge on any atom is 0.133 e. The van der Waals surface area contributed by atoms with Gasteiger partial charge in [0.15, 0.2) is 0 Å². The van der Waals surface area contributed by atoms with Gasteiger partial charge in [-0.15, -0.1) is 0 Å². The Morgan fingerprint density at radius 3 is 2.80 bits per heavy atom. The SMILES string of the molecule is Cc1cc(F)cc(C2CCCC(=O)C2)c1. The molecule has 0 aliphatic heterocycles. The number of halogens is 1. The zero-order chi connectivity index (χ0) is 10.8. The van der Waals surface area contributed by atoms with E-state index in [0.717, 1.165) is 24.0 Å². The summed E-state index contributed by atoms with van der Waals surface area (Å²) >= 11 is 0. The van der Waals surface area contributed by atoms with Crippen LogP contribution in [0, 0.1) is 12.7 Å². The zero-order valence-corrected chi connectivity index (χ0v) is 8.92. The van der Waals surface area contributed by atoms with Crippen LogP contribution in [0.4, 0.5) is 4.39 Å². The number of hydrogen-bond donors (Lipinski definition) is 0. The second-order valence-corrected chi connectivity index (χ2v) is 4.39. The molecular weight excluding hydrogens is 191 g/mol. The van der Waals surface area contributed by atoms with Crippen LogP contribution >= 0.6 is 0 Å². The van der Waals surface area contributed by atoms with Gasteiger partial charge in [-0.05, 0) is 48.9 Å². The molecule has 0 amide bonds. The van der Waals surface area contributed by atoms with E-state index in [0.29, 0.717) is 18.6 Å². The van der Waals surface area contributed by atoms with Gasteiger partial charge in [0.1, 0.15) is 11.6 Å². The van der Waals surface area contributed by atoms with Crippen LogP contribution in [0.2, 0.25) is 0 Å². The van der Waals surface area contributed by atoms with Crippen molar-refractivity contribution in [2.75, 3.05) is 0 Å². The molecule has 0 N–H and O–H groups in total. The van der Waals surface area contributed by atoms with Crippen molar-refractivity contribution in [2.24, 2.45) is 0 Å². The summed E-state index contributed by atoms with van der Waals surface area (Å²) in [5.74, 6) is 0.358. The molecule has 0 saturated heterocycles. The Balaban J connectivity index is 2.24. The Kier molecular flexibility index (Phi) is 2.85. The first-order valence-corrected chi connectivity index (χ1v) is 5.44. The van der Waals surface area contributed by atoms with Gasteiger partial charge in [-0.25, -0.2) is 4.39 Å². The van der Waals surface area contributed by atoms with Crippen molar-refractivity contribution in [3.63, 3.8) is 0 Å². The fourth-order valence-electron chi connectivity index (χ4n) is 2.31. The van der Waals surface area contributed by atoms with Gasteiger partial charge >= 0.3 is 0 Å². The summed E-state index contributed by atoms with van der Waals surface area (Å²) in [6.45, 7) is 1.89. The molecule has 1 unspecified atom stereocenters. The van der Waals surface area contributed by atoms with E-state index >= 15 is 0 Å². The Labute approximate surface area is 89.3 Å². The van der Waals surface area contributed by atoms with Gasteiger partial charge in [-0.3, -0.25) is 4.79 Å². The molecule has 2 rings (SSSR count). The van der Waals surface area contributed by atoms with Crippen molar-refractivity contribution >= 4 is 5.78 Å². The number of carbonyl (C=O) groups excluding carboxylic acids is 1. The monoisotopic (exact) mass is 206 g/mol. The molecule has 2 heteroatoms. The van der Waals surface area contributed by atoms with Crippen molar-refractivity contribution in [1.82, 2.24) is 0 Å². The molecule has 1 aliphatic carbocycles. The van der Waals surface area contributed by atoms with Gasteiger partial charge < -0.3 is 0 Å². The number of Topliss-reactive ketones (excluding diaryl/α,β-unsaturated/α-hetero) is 1. The van der Waals surface area contributed by atoms with E-state index in [9.17, 15) is 9.18 Å². The molecule has 0 aromatic heterocycles. The van der Waals surface area contributed by atoms with Gasteiger partial charge in [0.05, 0.1) is 0 Å². The molecule has 0 bridgehead atoms. The summed E-state index contributed by atoms with van der Waals surface area (Å²) in [4.78, 5) is 11.3. The molecular formula is C13H15FO. The highest BCUT2D eigenvalue weighted by Crippen LogP contribution is 2.31. The number of ketones is 1. The normalized spacial score (nSPS) is 21.7. The fourth-order valence-corrected chi connectivity index (χ4v) is 2.31. The molecule has 1 fully saturated rings. The van der Waals surface area contributed by atoms with Crippen molar-refractivity contribution in [1.29, 1.82) is 0 Å². The zero-order valence-electron chi connectivity index (χ0n) is 8.92. The molecule has 1 saturated carbocycles. The smallest absolute Gasteiger partial charge is 0.133 e. The van der Waals surface area contributed by atoms with Crippen molar-refractivity contribution in [2.45, 2.75) is 38.5 Å². The number of rotatable bonds is 1. The number of benzene rings is 1. The van der Waals surface area contributed by atoms with Crippen LogP contribution < -0.4 is 0 Å². The maximum absolute atomic E-state index is 13.2. The van der Waals surface area contributed by atoms with Gasteiger partial charge in [-0.1, -0.05) is 6.07 Å². The molecule has 15 heavy (non-hydrogen) atoms. The van der Waals surface area contributed by atoms with Crippen LogP contribution in [0.25, 0.3) is 0 Å². The summed E-state index contributed by atoms with van der Waals surface area (Å²) in [5, 5.41) is 0. The van der Waals surface area contributed by atoms with E-state index in [1.165, 1.54) is 6.07 Å². The Morgan fingerprint density at radius 1 is 1.33 bits per heavy atom. The van der Waals surface area contributed by atoms with E-state index in [4.69, 9.17) is 0 Å². The third-order valence-electron chi connectivity index (χ3n) is 3.02. The van der Waals surface area contributed by atoms with E-state index in [2.05, 4.69) is 0 Å². The van der Waals surface area contributed by atoms with Crippen LogP contribution in [0.15, 0.2) is 18.2 Å². The molecule has 0 heterocycles. The first-order valence-electron chi connectivity index (χ1n) is 5.44. The lowest BCUT2D eigenvalue weighted by atomic mass is 9.83. The maximum atomic E-state index is 13.2. The summed E-state index contributed by atoms with van der Waals surface area (Å²) in [5.41, 5.74) is 1.92. The molecule has 1 aliphatic rings. The van der Waals surface area contributed by atoms with Crippen molar-refractivity contribution < 1.29 is 9.18 Å². The molecule has 0 radical (unpaired) electrons. The third-order valence-corrected chi connectivity index (χ3v) is 3.02. The Bertz CT molecular complexity index is 364. The highest BCUT2D eigenvalue weighted by molar-refractivity contribution is 5.80. The van der Waals surface area contributed by atoms with E-state index in [1.54, 1.807) is 6.07 Å². The number of carbonyl (C=O) groups is 1. The third kappa shape index (κ3) is 2.44. The van der Waals surface area contributed by atoms with E-state index < -0.39 is 0 Å². The van der Waals surface area contributed by atoms with Gasteiger partial charge in [0.25, 0.3) is 0 Å². The Hall–Kier alpha value is -1.18. The number of hydrogen-bond acceptors (Lipinski definition) is 1. The van der Waals surface area contributed by atoms with Crippen LogP contribution in [-0.2, 0) is 4.79 Å². The molecule has 0 spiro atoms. The molecule has 1 aromatic rings. The van der Waals surface area contributed by atoms with Gasteiger partial charge in [0.2, 0.25) is 0 Å². The lowest BCUT2D eigenvalue weighted by molar-refractivity contribution is -0.120. The molecule has 1 nitrogen and oxygen atoms in total. The molecule has 1 aromatic carbocycles. The van der Waals surface area contributed by atoms with E-state index in [-0.39, 0.29) is 11.7 Å². The fraction of sp³-hybridized carbons (Fsp3) is 0.462. The quantitative estimate of drug-likeness (QED) is 0.688. The second-order valence-electron chi connectivity index (χ2n) is 4.39. The number of aryl methyl sites for hydroxylation is 1. The average Bonchev–Trinajstić information content (AvgIpc) is 2.16. The van der Waals surface area contributed by atoms with Crippen molar-refractivity contribution in [3.8, 4) is 0 Å². The predicted octanol–water partition coefficient (Wildman–Crippen LogP) is 3.36. The van der Waals surface area contributed by atoms with Crippen LogP contribution in [0.5, 0.6) is 0 Å². The standard InChI is InChI=1S/C13H15FO/c1-9-5-11(7-12(14)6-9)10-3-2-4-13(15)8-10/h5-7,10H,2-4,8H2,1H3. The Morgan fingerprint density at radius 2 is 2.13 bits per heavy atom. The largest absolute Gasteiger partial charge is 0.300 e.